The zero-order valence-corrected chi connectivity index (χ0v) is 14.3. The fourth-order valence-electron chi connectivity index (χ4n) is 2.75. The molecule has 120 valence electrons. The van der Waals surface area contributed by atoms with Crippen LogP contribution >= 0.6 is 15.9 Å². The molecular weight excluding hydrogens is 360 g/mol. The fourth-order valence-corrected chi connectivity index (χ4v) is 3.10. The predicted octanol–water partition coefficient (Wildman–Crippen LogP) is 3.02. The topological polar surface area (TPSA) is 62.6 Å². The third-order valence-corrected chi connectivity index (χ3v) is 4.49. The van der Waals surface area contributed by atoms with Crippen molar-refractivity contribution in [2.45, 2.75) is 19.9 Å². The molecule has 0 spiro atoms. The molecule has 0 saturated carbocycles. The van der Waals surface area contributed by atoms with Gasteiger partial charge < -0.3 is 14.6 Å². The number of furan rings is 1. The van der Waals surface area contributed by atoms with Gasteiger partial charge in [0, 0.05) is 16.7 Å². The molecule has 1 fully saturated rings. The van der Waals surface area contributed by atoms with Crippen LogP contribution in [0.5, 0.6) is 0 Å². The largest absolute Gasteiger partial charge is 0.467 e. The Kier molecular flexibility index (Phi) is 4.52. The van der Waals surface area contributed by atoms with Gasteiger partial charge in [0.2, 0.25) is 11.8 Å². The highest BCUT2D eigenvalue weighted by Crippen LogP contribution is 2.30. The van der Waals surface area contributed by atoms with Crippen molar-refractivity contribution in [3.63, 3.8) is 0 Å². The Bertz CT molecular complexity index is 727. The summed E-state index contributed by atoms with van der Waals surface area (Å²) in [5.74, 6) is -0.364. The first-order valence-electron chi connectivity index (χ1n) is 7.44. The number of nitrogens with one attached hydrogen (secondary N) is 1. The number of hydrogen-bond donors (Lipinski definition) is 1. The van der Waals surface area contributed by atoms with Crippen molar-refractivity contribution in [1.82, 2.24) is 5.32 Å². The van der Waals surface area contributed by atoms with Crippen LogP contribution in [0.2, 0.25) is 0 Å². The molecule has 5 nitrogen and oxygen atoms in total. The summed E-state index contributed by atoms with van der Waals surface area (Å²) in [6.45, 7) is 2.81. The Morgan fingerprint density at radius 2 is 2.26 bits per heavy atom. The average Bonchev–Trinajstić information content (AvgIpc) is 3.17. The molecule has 2 aromatic rings. The van der Waals surface area contributed by atoms with E-state index in [1.807, 2.05) is 25.1 Å². The van der Waals surface area contributed by atoms with Crippen molar-refractivity contribution in [3.05, 3.63) is 52.4 Å². The van der Waals surface area contributed by atoms with Crippen LogP contribution < -0.4 is 10.2 Å². The van der Waals surface area contributed by atoms with Gasteiger partial charge in [0.15, 0.2) is 0 Å². The Morgan fingerprint density at radius 1 is 1.43 bits per heavy atom. The Hall–Kier alpha value is -2.08. The van der Waals surface area contributed by atoms with E-state index in [-0.39, 0.29) is 11.8 Å². The van der Waals surface area contributed by atoms with E-state index in [1.165, 1.54) is 0 Å². The van der Waals surface area contributed by atoms with Gasteiger partial charge in [-0.3, -0.25) is 9.59 Å². The van der Waals surface area contributed by atoms with Gasteiger partial charge >= 0.3 is 0 Å². The highest BCUT2D eigenvalue weighted by atomic mass is 79.9. The van der Waals surface area contributed by atoms with Crippen LogP contribution in [0.3, 0.4) is 0 Å². The lowest BCUT2D eigenvalue weighted by atomic mass is 10.1. The van der Waals surface area contributed by atoms with Crippen molar-refractivity contribution in [1.29, 1.82) is 0 Å². The smallest absolute Gasteiger partial charge is 0.239 e. The normalized spacial score (nSPS) is 17.6. The zero-order chi connectivity index (χ0) is 16.4. The minimum absolute atomic E-state index is 0.150. The molecule has 1 aromatic carbocycles. The molecule has 0 bridgehead atoms. The van der Waals surface area contributed by atoms with Gasteiger partial charge in [0.1, 0.15) is 11.7 Å². The van der Waals surface area contributed by atoms with Crippen LogP contribution in [-0.4, -0.2) is 18.4 Å². The molecule has 0 radical (unpaired) electrons. The third-order valence-electron chi connectivity index (χ3n) is 4.00. The molecule has 1 aromatic heterocycles. The molecule has 2 heterocycles. The number of nitrogens with zero attached hydrogens (tertiary/aromatic N) is 1. The van der Waals surface area contributed by atoms with E-state index >= 15 is 0 Å². The Morgan fingerprint density at radius 3 is 3.00 bits per heavy atom. The van der Waals surface area contributed by atoms with E-state index in [4.69, 9.17) is 4.42 Å². The monoisotopic (exact) mass is 376 g/mol. The second-order valence-electron chi connectivity index (χ2n) is 5.56. The summed E-state index contributed by atoms with van der Waals surface area (Å²) < 4.78 is 6.09. The first-order valence-corrected chi connectivity index (χ1v) is 8.23. The van der Waals surface area contributed by atoms with Gasteiger partial charge in [-0.2, -0.15) is 0 Å². The molecule has 0 aliphatic carbocycles. The molecule has 3 rings (SSSR count). The van der Waals surface area contributed by atoms with Crippen LogP contribution in [0.25, 0.3) is 0 Å². The first-order chi connectivity index (χ1) is 11.1. The van der Waals surface area contributed by atoms with E-state index < -0.39 is 5.92 Å². The molecule has 6 heteroatoms. The SMILES string of the molecule is Cc1ccc(Br)cc1N1CC[C@@H](C(=O)NCc2ccco2)C1=O. The number of anilines is 1. The second-order valence-corrected chi connectivity index (χ2v) is 6.47. The van der Waals surface area contributed by atoms with Gasteiger partial charge in [-0.15, -0.1) is 0 Å². The average molecular weight is 377 g/mol. The van der Waals surface area contributed by atoms with Crippen LogP contribution in [0, 0.1) is 12.8 Å². The number of carbonyl (C=O) groups excluding carboxylic acids is 2. The lowest BCUT2D eigenvalue weighted by Crippen LogP contribution is -2.36. The van der Waals surface area contributed by atoms with E-state index in [0.717, 1.165) is 15.7 Å². The number of aryl methyl sites for hydroxylation is 1. The van der Waals surface area contributed by atoms with Gasteiger partial charge in [0.25, 0.3) is 0 Å². The molecular formula is C17H17BrN2O3. The summed E-state index contributed by atoms with van der Waals surface area (Å²) in [5, 5.41) is 2.77. The van der Waals surface area contributed by atoms with Crippen LogP contribution in [0.4, 0.5) is 5.69 Å². The van der Waals surface area contributed by atoms with Crippen molar-refractivity contribution < 1.29 is 14.0 Å². The maximum Gasteiger partial charge on any atom is 0.239 e. The van der Waals surface area contributed by atoms with E-state index in [0.29, 0.717) is 25.3 Å². The summed E-state index contributed by atoms with van der Waals surface area (Å²) in [4.78, 5) is 26.6. The Balaban J connectivity index is 1.68. The predicted molar refractivity (Wildman–Crippen MR) is 89.9 cm³/mol. The number of benzene rings is 1. The second kappa shape index (κ2) is 6.58. The van der Waals surface area contributed by atoms with E-state index in [9.17, 15) is 9.59 Å². The van der Waals surface area contributed by atoms with Crippen LogP contribution in [-0.2, 0) is 16.1 Å². The highest BCUT2D eigenvalue weighted by molar-refractivity contribution is 9.10. The summed E-state index contributed by atoms with van der Waals surface area (Å²) in [6.07, 6.45) is 2.08. The lowest BCUT2D eigenvalue weighted by Gasteiger charge is -2.19. The fraction of sp³-hybridized carbons (Fsp3) is 0.294. The van der Waals surface area contributed by atoms with Gasteiger partial charge in [-0.25, -0.2) is 0 Å². The van der Waals surface area contributed by atoms with Gasteiger partial charge in [-0.1, -0.05) is 22.0 Å². The van der Waals surface area contributed by atoms with Crippen LogP contribution in [0.15, 0.2) is 45.5 Å². The number of halogens is 1. The first kappa shape index (κ1) is 15.8. The summed E-state index contributed by atoms with van der Waals surface area (Å²) in [5.41, 5.74) is 1.86. The lowest BCUT2D eigenvalue weighted by molar-refractivity contribution is -0.132. The molecule has 1 aliphatic rings. The Labute approximate surface area is 142 Å². The molecule has 1 N–H and O–H groups in total. The van der Waals surface area contributed by atoms with E-state index in [1.54, 1.807) is 23.3 Å². The maximum absolute atomic E-state index is 12.6. The van der Waals surface area contributed by atoms with Crippen molar-refractivity contribution in [2.75, 3.05) is 11.4 Å². The number of hydrogen-bond acceptors (Lipinski definition) is 3. The zero-order valence-electron chi connectivity index (χ0n) is 12.7. The minimum Gasteiger partial charge on any atom is -0.467 e. The van der Waals surface area contributed by atoms with Crippen molar-refractivity contribution >= 4 is 33.4 Å². The molecule has 1 atom stereocenters. The molecule has 0 unspecified atom stereocenters. The highest BCUT2D eigenvalue weighted by Gasteiger charge is 2.38. The maximum atomic E-state index is 12.6. The molecule has 2 amide bonds. The molecule has 23 heavy (non-hydrogen) atoms. The van der Waals surface area contributed by atoms with Gasteiger partial charge in [0.05, 0.1) is 12.8 Å². The third kappa shape index (κ3) is 3.32. The number of carbonyl (C=O) groups is 2. The van der Waals surface area contributed by atoms with Crippen molar-refractivity contribution in [2.24, 2.45) is 5.92 Å². The van der Waals surface area contributed by atoms with Gasteiger partial charge in [-0.05, 0) is 43.2 Å². The molecule has 1 aliphatic heterocycles. The summed E-state index contributed by atoms with van der Waals surface area (Å²) in [6, 6.07) is 9.36. The standard InChI is InChI=1S/C17H17BrN2O3/c1-11-4-5-12(18)9-15(11)20-7-6-14(17(20)22)16(21)19-10-13-3-2-8-23-13/h2-5,8-9,14H,6-7,10H2,1H3,(H,19,21)/t14-/m0/s1. The van der Waals surface area contributed by atoms with Crippen LogP contribution in [0.1, 0.15) is 17.7 Å². The number of rotatable bonds is 4. The van der Waals surface area contributed by atoms with E-state index in [2.05, 4.69) is 21.2 Å². The quantitative estimate of drug-likeness (QED) is 0.834. The minimum atomic E-state index is -0.636. The summed E-state index contributed by atoms with van der Waals surface area (Å²) >= 11 is 3.43. The number of amides is 2. The van der Waals surface area contributed by atoms with Crippen molar-refractivity contribution in [3.8, 4) is 0 Å². The summed E-state index contributed by atoms with van der Waals surface area (Å²) in [7, 11) is 0. The molecule has 1 saturated heterocycles.